The number of fused-ring (bicyclic) bond motifs is 3. The van der Waals surface area contributed by atoms with Gasteiger partial charge < -0.3 is 57.4 Å². The van der Waals surface area contributed by atoms with Crippen molar-refractivity contribution in [3.8, 4) is 17.2 Å². The number of quaternary nitrogens is 3. The lowest BCUT2D eigenvalue weighted by Gasteiger charge is -2.52. The topological polar surface area (TPSA) is 151 Å². The van der Waals surface area contributed by atoms with Crippen molar-refractivity contribution in [1.29, 1.82) is 0 Å². The molecule has 3 unspecified atom stereocenters. The number of likely N-dealkylation sites (N-methyl/N-ethyl adjacent to an activating group) is 1. The van der Waals surface area contributed by atoms with E-state index in [-0.39, 0.29) is 25.3 Å². The molecular formula is C76H72N4O9. The molecule has 0 bridgehead atoms. The third-order valence-electron chi connectivity index (χ3n) is 23.2. The van der Waals surface area contributed by atoms with Crippen LogP contribution in [-0.2, 0) is 25.2 Å². The average Bonchev–Trinajstić information content (AvgIpc) is 1.42. The summed E-state index contributed by atoms with van der Waals surface area (Å²) in [6.45, 7) is 6.28. The van der Waals surface area contributed by atoms with Crippen LogP contribution in [0.4, 0.5) is 0 Å². The fraction of sp³-hybridized carbons (Fsp3) is 0.382. The van der Waals surface area contributed by atoms with Crippen molar-refractivity contribution in [2.24, 2.45) is 0 Å². The molecule has 0 aromatic heterocycles. The number of carboxylic acid groups (broad SMARTS) is 3. The lowest BCUT2D eigenvalue weighted by molar-refractivity contribution is -0.890. The summed E-state index contributed by atoms with van der Waals surface area (Å²) in [4.78, 5) is 37.1. The predicted octanol–water partition coefficient (Wildman–Crippen LogP) is 8.07. The molecule has 2 spiro atoms. The van der Waals surface area contributed by atoms with Crippen molar-refractivity contribution in [3.63, 3.8) is 0 Å². The van der Waals surface area contributed by atoms with Crippen molar-refractivity contribution in [2.45, 2.75) is 74.7 Å². The molecule has 0 N–H and O–H groups in total. The van der Waals surface area contributed by atoms with E-state index in [1.807, 2.05) is 0 Å². The Morgan fingerprint density at radius 2 is 0.809 bits per heavy atom. The minimum absolute atomic E-state index is 0.0192. The molecule has 450 valence electrons. The van der Waals surface area contributed by atoms with Crippen molar-refractivity contribution < 1.29 is 57.4 Å². The molecule has 89 heavy (non-hydrogen) atoms. The fourth-order valence-electron chi connectivity index (χ4n) is 20.1. The van der Waals surface area contributed by atoms with Crippen LogP contribution in [0.3, 0.4) is 0 Å². The zero-order valence-corrected chi connectivity index (χ0v) is 51.9. The summed E-state index contributed by atoms with van der Waals surface area (Å²) in [7, 11) is 15.2. The van der Waals surface area contributed by atoms with Gasteiger partial charge in [-0.25, -0.2) is 0 Å². The van der Waals surface area contributed by atoms with Gasteiger partial charge in [-0.15, -0.1) is 0 Å². The summed E-state index contributed by atoms with van der Waals surface area (Å²) in [6.07, 6.45) is 8.81. The Labute approximate surface area is 514 Å². The van der Waals surface area contributed by atoms with Gasteiger partial charge in [0.1, 0.15) is 0 Å². The number of hydrogen-bond acceptors (Lipinski definition) is 10. The van der Waals surface area contributed by atoms with Gasteiger partial charge in [0, 0.05) is 68.5 Å². The molecular weight excluding hydrogens is 1110 g/mol. The van der Waals surface area contributed by atoms with Crippen LogP contribution in [0.25, 0.3) is 130 Å². The van der Waals surface area contributed by atoms with Crippen LogP contribution < -0.4 is 40.0 Å². The van der Waals surface area contributed by atoms with Crippen molar-refractivity contribution in [1.82, 2.24) is 4.90 Å². The Morgan fingerprint density at radius 3 is 1.29 bits per heavy atom. The van der Waals surface area contributed by atoms with E-state index in [1.54, 1.807) is 0 Å². The lowest BCUT2D eigenvalue weighted by Crippen LogP contribution is -2.52. The molecule has 0 radical (unpaired) electrons. The van der Waals surface area contributed by atoms with Crippen molar-refractivity contribution in [3.05, 3.63) is 99.9 Å². The monoisotopic (exact) mass is 1180 g/mol. The summed E-state index contributed by atoms with van der Waals surface area (Å²) in [5.41, 5.74) is 5.69. The van der Waals surface area contributed by atoms with Gasteiger partial charge in [0.15, 0.2) is 11.5 Å². The van der Waals surface area contributed by atoms with Gasteiger partial charge in [-0.05, 0) is 190 Å². The number of nitrogens with zero attached hydrogens (tertiary/aromatic N) is 4. The van der Waals surface area contributed by atoms with E-state index in [4.69, 9.17) is 14.2 Å². The van der Waals surface area contributed by atoms with Crippen LogP contribution >= 0.6 is 0 Å². The Hall–Kier alpha value is -8.07. The molecule has 13 aromatic rings. The van der Waals surface area contributed by atoms with Crippen LogP contribution in [0.2, 0.25) is 0 Å². The van der Waals surface area contributed by atoms with Gasteiger partial charge in [0.25, 0.3) is 0 Å². The number of benzene rings is 9. The van der Waals surface area contributed by atoms with Gasteiger partial charge in [0.2, 0.25) is 5.75 Å². The normalized spacial score (nSPS) is 19.8. The molecule has 1 heterocycles. The molecule has 5 aliphatic rings. The zero-order chi connectivity index (χ0) is 60.9. The second-order valence-electron chi connectivity index (χ2n) is 29.6. The van der Waals surface area contributed by atoms with E-state index in [9.17, 15) is 29.7 Å². The van der Waals surface area contributed by atoms with E-state index in [1.165, 1.54) is 151 Å². The molecule has 4 aliphatic carbocycles. The second-order valence-corrected chi connectivity index (χ2v) is 29.6. The van der Waals surface area contributed by atoms with E-state index < -0.39 is 28.7 Å². The maximum absolute atomic E-state index is 11.5. The van der Waals surface area contributed by atoms with E-state index >= 15 is 0 Å². The van der Waals surface area contributed by atoms with Gasteiger partial charge in [-0.1, -0.05) is 60.7 Å². The van der Waals surface area contributed by atoms with Crippen molar-refractivity contribution in [2.75, 3.05) is 115 Å². The minimum Gasteiger partial charge on any atom is -0.550 e. The molecule has 0 amide bonds. The van der Waals surface area contributed by atoms with Crippen molar-refractivity contribution >= 4 is 148 Å². The number of allylic oxidation sites excluding steroid dienone is 2. The lowest BCUT2D eigenvalue weighted by atomic mass is 9.47. The number of carbonyl (C=O) groups excluding carboxylic acids is 3. The van der Waals surface area contributed by atoms with Crippen LogP contribution in [0.1, 0.15) is 80.5 Å². The molecule has 1 fully saturated rings. The van der Waals surface area contributed by atoms with Gasteiger partial charge in [-0.3, -0.25) is 4.90 Å². The molecule has 1 saturated heterocycles. The van der Waals surface area contributed by atoms with Crippen LogP contribution in [0, 0.1) is 0 Å². The minimum atomic E-state index is -1.03. The number of aliphatic carboxylic acids is 3. The molecule has 13 aromatic carbocycles. The highest BCUT2D eigenvalue weighted by atomic mass is 16.5. The maximum atomic E-state index is 11.5. The first-order chi connectivity index (χ1) is 42.8. The number of hydrogen-bond donors (Lipinski definition) is 0. The Morgan fingerprint density at radius 1 is 0.438 bits per heavy atom. The molecule has 1 aliphatic heterocycles. The number of carboxylic acids is 3. The molecule has 3 atom stereocenters. The predicted molar refractivity (Wildman–Crippen MR) is 347 cm³/mol. The maximum Gasteiger partial charge on any atom is 0.203 e. The van der Waals surface area contributed by atoms with Gasteiger partial charge in [-0.2, -0.15) is 0 Å². The molecule has 0 saturated carbocycles. The highest BCUT2D eigenvalue weighted by molar-refractivity contribution is 6.64. The third kappa shape index (κ3) is 6.61. The Kier molecular flexibility index (Phi) is 10.8. The first-order valence-electron chi connectivity index (χ1n) is 32.5. The smallest absolute Gasteiger partial charge is 0.203 e. The Balaban J connectivity index is 0.857. The SMILES string of the molecule is CN1CC23C4=c5ccc6c7ccc8c9ccc%10c%11ccc%12c%13c(c%14c%15c2c5c6c2c7c8c5c9c%10c(c%13%11)c%14c5c%152)C3(C=%12C=C4)C1c1ccc(OCCC[N+](C)(C)CCCC(=O)[O-])c(OCCC[N+](C)(C)CCCC(=O)[O-])c1OCCC[N+](C)(C)CCCC(=O)[O-]. The number of likely N-dealkylation sites (tertiary alicyclic amines) is 1. The van der Waals surface area contributed by atoms with Gasteiger partial charge >= 0.3 is 0 Å². The molecule has 18 rings (SSSR count). The second kappa shape index (κ2) is 17.9. The van der Waals surface area contributed by atoms with E-state index in [2.05, 4.69) is 127 Å². The summed E-state index contributed by atoms with van der Waals surface area (Å²) in [5, 5.41) is 68.3. The number of rotatable bonds is 28. The van der Waals surface area contributed by atoms with E-state index in [0.29, 0.717) is 109 Å². The molecule has 13 nitrogen and oxygen atoms in total. The fourth-order valence-corrected chi connectivity index (χ4v) is 20.1. The number of carbonyl (C=O) groups is 3. The molecule has 13 heteroatoms. The van der Waals surface area contributed by atoms with Crippen LogP contribution in [0.5, 0.6) is 17.2 Å². The largest absolute Gasteiger partial charge is 0.550 e. The summed E-state index contributed by atoms with van der Waals surface area (Å²) < 4.78 is 23.7. The zero-order valence-electron chi connectivity index (χ0n) is 51.9. The van der Waals surface area contributed by atoms with Crippen LogP contribution in [0.15, 0.2) is 72.8 Å². The standard InChI is InChI=1S/C76H72N4O9/c1-77-38-75-48-26-27-49-46-24-22-44-42-20-18-40-39-17-19-41-43-21-23-45(48)60-58(43)63-56(41)54(39)62-55(40)57(42)64-59(44)61(46)71(69-67(64)65(62)66(63)68(69)70(60)75)76(49,75)74(77)47-25-28-50(87-35-11-32-78(2,3)29-8-14-51(81)82)73(89-37-13-34-80(6,7)31-10-16-53(85)86)72(47)88-36-12-33-79(4,5)30-9-15-52(83)84/h17-28,74H,8-16,29-38H2,1-7H3. The van der Waals surface area contributed by atoms with E-state index in [0.717, 1.165) is 31.7 Å². The average molecular weight is 1190 g/mol. The summed E-state index contributed by atoms with van der Waals surface area (Å²) in [5.74, 6) is -1.23. The first kappa shape index (κ1) is 53.9. The highest BCUT2D eigenvalue weighted by Gasteiger charge is 2.74. The number of ether oxygens (including phenoxy) is 3. The highest BCUT2D eigenvalue weighted by Crippen LogP contribution is 2.78. The quantitative estimate of drug-likeness (QED) is 0.0268. The van der Waals surface area contributed by atoms with Gasteiger partial charge in [0.05, 0.1) is 118 Å². The first-order valence-corrected chi connectivity index (χ1v) is 32.5. The summed E-state index contributed by atoms with van der Waals surface area (Å²) >= 11 is 0. The summed E-state index contributed by atoms with van der Waals surface area (Å²) in [6, 6.07) is 23.8. The van der Waals surface area contributed by atoms with Crippen LogP contribution in [-0.4, -0.2) is 151 Å². The Bertz CT molecular complexity index is 5330. The third-order valence-corrected chi connectivity index (χ3v) is 23.2.